The first-order valence-electron chi connectivity index (χ1n) is 9.91. The van der Waals surface area contributed by atoms with Gasteiger partial charge in [-0.2, -0.15) is 0 Å². The van der Waals surface area contributed by atoms with Gasteiger partial charge in [-0.1, -0.05) is 41.6 Å². The summed E-state index contributed by atoms with van der Waals surface area (Å²) in [6, 6.07) is 16.7. The number of nitrogens with one attached hydrogen (secondary N) is 2. The third-order valence-corrected chi connectivity index (χ3v) is 5.36. The third-order valence-electron chi connectivity index (χ3n) is 5.36. The number of carbonyl (C=O) groups excluding carboxylic acids is 1. The lowest BCUT2D eigenvalue weighted by molar-refractivity contribution is 0.0967. The second kappa shape index (κ2) is 8.92. The Morgan fingerprint density at radius 3 is 2.72 bits per heavy atom. The maximum absolute atomic E-state index is 13.6. The number of nitrogens with zero attached hydrogens (tertiary/aromatic N) is 1. The summed E-state index contributed by atoms with van der Waals surface area (Å²) in [5, 5.41) is 10.9. The Balaban J connectivity index is 1.66. The number of ketones is 1. The molecule has 150 valence electrons. The van der Waals surface area contributed by atoms with Gasteiger partial charge in [0.05, 0.1) is 18.4 Å². The van der Waals surface area contributed by atoms with Crippen LogP contribution in [0.25, 0.3) is 0 Å². The second-order valence-electron chi connectivity index (χ2n) is 7.22. The standard InChI is InChI=1S/C23H25N3O3/c1-28-19-9-5-8-18(14-19)25-22(16-6-3-2-4-7-16)23(27)20-15-29-26-21(20)17-10-12-24-13-11-17/h2-9,14-15,17,22,24-25H,10-13H2,1H3. The number of rotatable bonds is 7. The Kier molecular flexibility index (Phi) is 5.91. The first-order chi connectivity index (χ1) is 14.3. The highest BCUT2D eigenvalue weighted by Crippen LogP contribution is 2.31. The van der Waals surface area contributed by atoms with E-state index >= 15 is 0 Å². The van der Waals surface area contributed by atoms with Gasteiger partial charge in [0.2, 0.25) is 0 Å². The zero-order valence-electron chi connectivity index (χ0n) is 16.4. The van der Waals surface area contributed by atoms with Crippen LogP contribution in [-0.2, 0) is 0 Å². The average Bonchev–Trinajstić information content (AvgIpc) is 3.28. The molecule has 6 nitrogen and oxygen atoms in total. The SMILES string of the molecule is COc1cccc(NC(C(=O)c2conc2C2CCNCC2)c2ccccc2)c1. The second-order valence-corrected chi connectivity index (χ2v) is 7.22. The molecule has 29 heavy (non-hydrogen) atoms. The molecule has 0 spiro atoms. The van der Waals surface area contributed by atoms with Crippen molar-refractivity contribution in [3.8, 4) is 5.75 Å². The van der Waals surface area contributed by atoms with Gasteiger partial charge in [0.15, 0.2) is 5.78 Å². The summed E-state index contributed by atoms with van der Waals surface area (Å²) in [4.78, 5) is 13.6. The lowest BCUT2D eigenvalue weighted by Gasteiger charge is -2.23. The van der Waals surface area contributed by atoms with Gasteiger partial charge in [0.25, 0.3) is 0 Å². The Bertz CT molecular complexity index is 949. The van der Waals surface area contributed by atoms with Gasteiger partial charge in [-0.3, -0.25) is 4.79 Å². The summed E-state index contributed by atoms with van der Waals surface area (Å²) in [6.07, 6.45) is 3.39. The van der Waals surface area contributed by atoms with Crippen LogP contribution in [0.5, 0.6) is 5.75 Å². The molecule has 1 saturated heterocycles. The maximum atomic E-state index is 13.6. The fraction of sp³-hybridized carbons (Fsp3) is 0.304. The third kappa shape index (κ3) is 4.32. The molecule has 0 aliphatic carbocycles. The number of methoxy groups -OCH3 is 1. The highest BCUT2D eigenvalue weighted by Gasteiger charge is 2.30. The van der Waals surface area contributed by atoms with Crippen LogP contribution in [0.4, 0.5) is 5.69 Å². The molecule has 4 rings (SSSR count). The molecule has 2 N–H and O–H groups in total. The van der Waals surface area contributed by atoms with Crippen LogP contribution in [0.1, 0.15) is 46.4 Å². The van der Waals surface area contributed by atoms with Crippen molar-refractivity contribution in [2.75, 3.05) is 25.5 Å². The summed E-state index contributed by atoms with van der Waals surface area (Å²) in [5.74, 6) is 0.922. The van der Waals surface area contributed by atoms with E-state index in [1.165, 1.54) is 6.26 Å². The number of Topliss-reactive ketones (excluding diaryl/α,β-unsaturated/α-hetero) is 1. The molecule has 0 bridgehead atoms. The van der Waals surface area contributed by atoms with E-state index in [1.54, 1.807) is 7.11 Å². The van der Waals surface area contributed by atoms with Crippen molar-refractivity contribution >= 4 is 11.5 Å². The van der Waals surface area contributed by atoms with Gasteiger partial charge in [-0.05, 0) is 43.6 Å². The highest BCUT2D eigenvalue weighted by molar-refractivity contribution is 6.03. The van der Waals surface area contributed by atoms with Crippen molar-refractivity contribution in [1.29, 1.82) is 0 Å². The van der Waals surface area contributed by atoms with E-state index in [2.05, 4.69) is 15.8 Å². The molecule has 1 aliphatic rings. The van der Waals surface area contributed by atoms with E-state index in [0.717, 1.165) is 48.6 Å². The van der Waals surface area contributed by atoms with Crippen LogP contribution in [0.3, 0.4) is 0 Å². The minimum Gasteiger partial charge on any atom is -0.497 e. The van der Waals surface area contributed by atoms with Gasteiger partial charge < -0.3 is 19.9 Å². The van der Waals surface area contributed by atoms with Crippen molar-refractivity contribution in [2.24, 2.45) is 0 Å². The van der Waals surface area contributed by atoms with Gasteiger partial charge in [-0.15, -0.1) is 0 Å². The summed E-state index contributed by atoms with van der Waals surface area (Å²) in [6.45, 7) is 1.85. The molecular formula is C23H25N3O3. The van der Waals surface area contributed by atoms with Crippen molar-refractivity contribution in [3.05, 3.63) is 77.7 Å². The van der Waals surface area contributed by atoms with E-state index < -0.39 is 6.04 Å². The van der Waals surface area contributed by atoms with E-state index in [0.29, 0.717) is 5.56 Å². The molecular weight excluding hydrogens is 366 g/mol. The van der Waals surface area contributed by atoms with Gasteiger partial charge in [-0.25, -0.2) is 0 Å². The summed E-state index contributed by atoms with van der Waals surface area (Å²) >= 11 is 0. The fourth-order valence-electron chi connectivity index (χ4n) is 3.80. The fourth-order valence-corrected chi connectivity index (χ4v) is 3.80. The van der Waals surface area contributed by atoms with Crippen molar-refractivity contribution in [3.63, 3.8) is 0 Å². The van der Waals surface area contributed by atoms with Crippen LogP contribution < -0.4 is 15.4 Å². The lowest BCUT2D eigenvalue weighted by atomic mass is 9.89. The number of aromatic nitrogens is 1. The lowest BCUT2D eigenvalue weighted by Crippen LogP contribution is -2.28. The first-order valence-corrected chi connectivity index (χ1v) is 9.91. The monoisotopic (exact) mass is 391 g/mol. The zero-order valence-corrected chi connectivity index (χ0v) is 16.4. The number of carbonyl (C=O) groups is 1. The van der Waals surface area contributed by atoms with E-state index in [9.17, 15) is 4.79 Å². The number of anilines is 1. The van der Waals surface area contributed by atoms with Crippen molar-refractivity contribution in [2.45, 2.75) is 24.8 Å². The summed E-state index contributed by atoms with van der Waals surface area (Å²) in [7, 11) is 1.63. The smallest absolute Gasteiger partial charge is 0.194 e. The zero-order chi connectivity index (χ0) is 20.1. The Hall–Kier alpha value is -3.12. The molecule has 0 radical (unpaired) electrons. The van der Waals surface area contributed by atoms with Crippen LogP contribution in [0, 0.1) is 0 Å². The minimum atomic E-state index is -0.553. The van der Waals surface area contributed by atoms with E-state index in [-0.39, 0.29) is 11.7 Å². The molecule has 6 heteroatoms. The first kappa shape index (κ1) is 19.2. The molecule has 1 atom stereocenters. The molecule has 1 aromatic heterocycles. The number of ether oxygens (including phenoxy) is 1. The topological polar surface area (TPSA) is 76.4 Å². The number of hydrogen-bond donors (Lipinski definition) is 2. The van der Waals surface area contributed by atoms with Gasteiger partial charge in [0.1, 0.15) is 18.1 Å². The highest BCUT2D eigenvalue weighted by atomic mass is 16.5. The average molecular weight is 391 g/mol. The largest absolute Gasteiger partial charge is 0.497 e. The van der Waals surface area contributed by atoms with E-state index in [1.807, 2.05) is 54.6 Å². The molecule has 3 aromatic rings. The molecule has 1 unspecified atom stereocenters. The van der Waals surface area contributed by atoms with Gasteiger partial charge in [0, 0.05) is 17.7 Å². The molecule has 0 amide bonds. The quantitative estimate of drug-likeness (QED) is 0.588. The van der Waals surface area contributed by atoms with Crippen LogP contribution in [0.2, 0.25) is 0 Å². The van der Waals surface area contributed by atoms with Crippen molar-refractivity contribution in [1.82, 2.24) is 10.5 Å². The van der Waals surface area contributed by atoms with Gasteiger partial charge >= 0.3 is 0 Å². The number of benzene rings is 2. The molecule has 2 heterocycles. The Labute approximate surface area is 170 Å². The van der Waals surface area contributed by atoms with Crippen LogP contribution >= 0.6 is 0 Å². The van der Waals surface area contributed by atoms with Crippen LogP contribution in [-0.4, -0.2) is 31.1 Å². The molecule has 1 fully saturated rings. The Morgan fingerprint density at radius 2 is 1.97 bits per heavy atom. The van der Waals surface area contributed by atoms with E-state index in [4.69, 9.17) is 9.26 Å². The van der Waals surface area contributed by atoms with Crippen molar-refractivity contribution < 1.29 is 14.1 Å². The minimum absolute atomic E-state index is 0.0474. The predicted molar refractivity (Wildman–Crippen MR) is 111 cm³/mol. The predicted octanol–water partition coefficient (Wildman–Crippen LogP) is 4.19. The summed E-state index contributed by atoms with van der Waals surface area (Å²) in [5.41, 5.74) is 3.02. The Morgan fingerprint density at radius 1 is 1.17 bits per heavy atom. The maximum Gasteiger partial charge on any atom is 0.194 e. The molecule has 2 aromatic carbocycles. The molecule has 0 saturated carbocycles. The number of hydrogen-bond acceptors (Lipinski definition) is 6. The summed E-state index contributed by atoms with van der Waals surface area (Å²) < 4.78 is 10.6. The van der Waals surface area contributed by atoms with Crippen LogP contribution in [0.15, 0.2) is 65.4 Å². The normalized spacial score (nSPS) is 15.6. The molecule has 1 aliphatic heterocycles. The number of piperidine rings is 1.